The van der Waals surface area contributed by atoms with E-state index >= 15 is 0 Å². The van der Waals surface area contributed by atoms with Crippen LogP contribution in [0, 0.1) is 24.2 Å². The van der Waals surface area contributed by atoms with Gasteiger partial charge in [-0.3, -0.25) is 9.59 Å². The Labute approximate surface area is 95.6 Å². The largest absolute Gasteiger partial charge is 0.481 e. The molecule has 4 heteroatoms. The van der Waals surface area contributed by atoms with Crippen LogP contribution in [0.4, 0.5) is 0 Å². The van der Waals surface area contributed by atoms with E-state index in [0.29, 0.717) is 19.4 Å². The van der Waals surface area contributed by atoms with Crippen LogP contribution in [0.2, 0.25) is 0 Å². The average molecular weight is 223 g/mol. The number of carbonyl (C=O) groups is 2. The Kier molecular flexibility index (Phi) is 4.36. The molecule has 0 bridgehead atoms. The normalized spacial score (nSPS) is 23.8. The van der Waals surface area contributed by atoms with Gasteiger partial charge in [0.25, 0.3) is 0 Å². The van der Waals surface area contributed by atoms with Gasteiger partial charge < -0.3 is 10.0 Å². The van der Waals surface area contributed by atoms with Crippen molar-refractivity contribution in [3.05, 3.63) is 0 Å². The van der Waals surface area contributed by atoms with Crippen LogP contribution in [0.1, 0.15) is 26.2 Å². The van der Waals surface area contributed by atoms with Gasteiger partial charge in [0.05, 0.1) is 18.4 Å². The van der Waals surface area contributed by atoms with E-state index in [9.17, 15) is 9.59 Å². The van der Waals surface area contributed by atoms with Crippen molar-refractivity contribution in [1.82, 2.24) is 4.90 Å². The Morgan fingerprint density at radius 3 is 2.56 bits per heavy atom. The number of carboxylic acids is 1. The Bertz CT molecular complexity index is 319. The molecule has 2 atom stereocenters. The number of aliphatic carboxylic acids is 1. The maximum atomic E-state index is 12.0. The maximum absolute atomic E-state index is 12.0. The SMILES string of the molecule is C#CCN(CC)C(=O)[C@@H]1CCC[C@@H]1C(=O)O. The highest BCUT2D eigenvalue weighted by atomic mass is 16.4. The van der Waals surface area contributed by atoms with Crippen molar-refractivity contribution < 1.29 is 14.7 Å². The van der Waals surface area contributed by atoms with Gasteiger partial charge in [0, 0.05) is 6.54 Å². The molecule has 0 aliphatic heterocycles. The number of hydrogen-bond acceptors (Lipinski definition) is 2. The number of carbonyl (C=O) groups excluding carboxylic acids is 1. The minimum absolute atomic E-state index is 0.106. The van der Waals surface area contributed by atoms with Crippen LogP contribution in [-0.2, 0) is 9.59 Å². The van der Waals surface area contributed by atoms with E-state index in [2.05, 4.69) is 5.92 Å². The molecule has 1 saturated carbocycles. The number of carboxylic acid groups (broad SMARTS) is 1. The first-order valence-electron chi connectivity index (χ1n) is 5.56. The lowest BCUT2D eigenvalue weighted by Gasteiger charge is -2.24. The quantitative estimate of drug-likeness (QED) is 0.722. The van der Waals surface area contributed by atoms with Gasteiger partial charge in [-0.05, 0) is 19.8 Å². The highest BCUT2D eigenvalue weighted by Crippen LogP contribution is 2.33. The fourth-order valence-corrected chi connectivity index (χ4v) is 2.24. The standard InChI is InChI=1S/C12H17NO3/c1-3-8-13(4-2)11(14)9-6-5-7-10(9)12(15)16/h1,9-10H,4-8H2,2H3,(H,15,16)/t9-,10+/m1/s1. The van der Waals surface area contributed by atoms with E-state index in [4.69, 9.17) is 11.5 Å². The summed E-state index contributed by atoms with van der Waals surface area (Å²) in [6, 6.07) is 0. The molecule has 4 nitrogen and oxygen atoms in total. The molecule has 16 heavy (non-hydrogen) atoms. The number of amides is 1. The van der Waals surface area contributed by atoms with Gasteiger partial charge in [0.15, 0.2) is 0 Å². The summed E-state index contributed by atoms with van der Waals surface area (Å²) >= 11 is 0. The zero-order valence-corrected chi connectivity index (χ0v) is 9.48. The summed E-state index contributed by atoms with van der Waals surface area (Å²) in [5, 5.41) is 9.01. The van der Waals surface area contributed by atoms with Crippen molar-refractivity contribution in [2.75, 3.05) is 13.1 Å². The molecule has 0 spiro atoms. The highest BCUT2D eigenvalue weighted by Gasteiger charge is 2.39. The number of hydrogen-bond donors (Lipinski definition) is 1. The van der Waals surface area contributed by atoms with Crippen molar-refractivity contribution in [2.24, 2.45) is 11.8 Å². The minimum atomic E-state index is -0.868. The summed E-state index contributed by atoms with van der Waals surface area (Å²) in [6.07, 6.45) is 7.24. The van der Waals surface area contributed by atoms with Gasteiger partial charge >= 0.3 is 5.97 Å². The topological polar surface area (TPSA) is 57.6 Å². The maximum Gasteiger partial charge on any atom is 0.307 e. The predicted molar refractivity (Wildman–Crippen MR) is 59.6 cm³/mol. The van der Waals surface area contributed by atoms with Gasteiger partial charge in [-0.25, -0.2) is 0 Å². The molecule has 1 rings (SSSR count). The van der Waals surface area contributed by atoms with Crippen LogP contribution in [-0.4, -0.2) is 35.0 Å². The summed E-state index contributed by atoms with van der Waals surface area (Å²) < 4.78 is 0. The molecule has 1 N–H and O–H groups in total. The number of rotatable bonds is 4. The van der Waals surface area contributed by atoms with E-state index in [1.54, 1.807) is 4.90 Å². The fraction of sp³-hybridized carbons (Fsp3) is 0.667. The second kappa shape index (κ2) is 5.55. The van der Waals surface area contributed by atoms with Crippen LogP contribution >= 0.6 is 0 Å². The van der Waals surface area contributed by atoms with Gasteiger partial charge in [-0.2, -0.15) is 0 Å². The van der Waals surface area contributed by atoms with Gasteiger partial charge in [0.1, 0.15) is 0 Å². The number of terminal acetylenes is 1. The van der Waals surface area contributed by atoms with E-state index in [-0.39, 0.29) is 18.4 Å². The Morgan fingerprint density at radius 2 is 2.06 bits per heavy atom. The lowest BCUT2D eigenvalue weighted by Crippen LogP contribution is -2.39. The molecular formula is C12H17NO3. The molecular weight excluding hydrogens is 206 g/mol. The Hall–Kier alpha value is -1.50. The summed E-state index contributed by atoms with van der Waals surface area (Å²) in [6.45, 7) is 2.64. The molecule has 1 fully saturated rings. The highest BCUT2D eigenvalue weighted by molar-refractivity contribution is 5.85. The molecule has 1 aliphatic carbocycles. The molecule has 0 aromatic carbocycles. The van der Waals surface area contributed by atoms with Crippen LogP contribution in [0.3, 0.4) is 0 Å². The fourth-order valence-electron chi connectivity index (χ4n) is 2.24. The summed E-state index contributed by atoms with van der Waals surface area (Å²) in [7, 11) is 0. The molecule has 88 valence electrons. The van der Waals surface area contributed by atoms with Crippen molar-refractivity contribution in [1.29, 1.82) is 0 Å². The Morgan fingerprint density at radius 1 is 1.44 bits per heavy atom. The molecule has 1 amide bonds. The van der Waals surface area contributed by atoms with Crippen molar-refractivity contribution >= 4 is 11.9 Å². The first-order valence-corrected chi connectivity index (χ1v) is 5.56. The Balaban J connectivity index is 2.72. The zero-order valence-electron chi connectivity index (χ0n) is 9.48. The molecule has 0 aromatic rings. The summed E-state index contributed by atoms with van der Waals surface area (Å²) in [4.78, 5) is 24.6. The lowest BCUT2D eigenvalue weighted by atomic mass is 9.95. The summed E-state index contributed by atoms with van der Waals surface area (Å²) in [5.41, 5.74) is 0. The van der Waals surface area contributed by atoms with Gasteiger partial charge in [-0.15, -0.1) is 6.42 Å². The van der Waals surface area contributed by atoms with Crippen LogP contribution in [0.25, 0.3) is 0 Å². The van der Waals surface area contributed by atoms with Crippen molar-refractivity contribution in [2.45, 2.75) is 26.2 Å². The molecule has 1 aliphatic rings. The third-order valence-electron chi connectivity index (χ3n) is 3.13. The van der Waals surface area contributed by atoms with Crippen LogP contribution in [0.5, 0.6) is 0 Å². The zero-order chi connectivity index (χ0) is 12.1. The van der Waals surface area contributed by atoms with E-state index in [0.717, 1.165) is 6.42 Å². The first-order chi connectivity index (χ1) is 7.61. The van der Waals surface area contributed by atoms with Gasteiger partial charge in [-0.1, -0.05) is 12.3 Å². The van der Waals surface area contributed by atoms with E-state index < -0.39 is 11.9 Å². The third-order valence-corrected chi connectivity index (χ3v) is 3.13. The lowest BCUT2D eigenvalue weighted by molar-refractivity contribution is -0.148. The van der Waals surface area contributed by atoms with Crippen LogP contribution in [0.15, 0.2) is 0 Å². The second-order valence-corrected chi connectivity index (χ2v) is 4.04. The molecule has 0 radical (unpaired) electrons. The third kappa shape index (κ3) is 2.54. The number of nitrogens with zero attached hydrogens (tertiary/aromatic N) is 1. The van der Waals surface area contributed by atoms with E-state index in [1.807, 2.05) is 6.92 Å². The summed E-state index contributed by atoms with van der Waals surface area (Å²) in [5.74, 6) is 0.539. The molecule has 0 heterocycles. The van der Waals surface area contributed by atoms with Crippen LogP contribution < -0.4 is 0 Å². The monoisotopic (exact) mass is 223 g/mol. The molecule has 0 aromatic heterocycles. The first kappa shape index (κ1) is 12.6. The molecule has 0 unspecified atom stereocenters. The van der Waals surface area contributed by atoms with Crippen molar-refractivity contribution in [3.63, 3.8) is 0 Å². The second-order valence-electron chi connectivity index (χ2n) is 4.04. The minimum Gasteiger partial charge on any atom is -0.481 e. The van der Waals surface area contributed by atoms with Gasteiger partial charge in [0.2, 0.25) is 5.91 Å². The van der Waals surface area contributed by atoms with Crippen molar-refractivity contribution in [3.8, 4) is 12.3 Å². The smallest absolute Gasteiger partial charge is 0.307 e. The predicted octanol–water partition coefficient (Wildman–Crippen LogP) is 0.969. The van der Waals surface area contributed by atoms with E-state index in [1.165, 1.54) is 0 Å². The average Bonchev–Trinajstić information content (AvgIpc) is 2.73. The molecule has 0 saturated heterocycles.